The van der Waals surface area contributed by atoms with Crippen molar-refractivity contribution >= 4 is 10.9 Å². The van der Waals surface area contributed by atoms with Crippen LogP contribution in [0.1, 0.15) is 11.3 Å². The van der Waals surface area contributed by atoms with E-state index in [0.29, 0.717) is 6.54 Å². The van der Waals surface area contributed by atoms with Crippen molar-refractivity contribution in [3.05, 3.63) is 66.1 Å². The first-order valence-electron chi connectivity index (χ1n) is 6.55. The van der Waals surface area contributed by atoms with Gasteiger partial charge in [0.25, 0.3) is 0 Å². The molecule has 19 heavy (non-hydrogen) atoms. The molecule has 0 aliphatic carbocycles. The number of hydrogen-bond donors (Lipinski definition) is 1. The minimum absolute atomic E-state index is 0.685. The zero-order chi connectivity index (χ0) is 13.1. The Morgan fingerprint density at radius 1 is 1.05 bits per heavy atom. The van der Waals surface area contributed by atoms with Crippen LogP contribution < -0.4 is 5.73 Å². The van der Waals surface area contributed by atoms with Crippen LogP contribution in [0.2, 0.25) is 0 Å². The molecule has 0 atom stereocenters. The quantitative estimate of drug-likeness (QED) is 0.774. The van der Waals surface area contributed by atoms with E-state index in [9.17, 15) is 0 Å². The third kappa shape index (κ3) is 2.37. The van der Waals surface area contributed by atoms with Crippen molar-refractivity contribution in [3.63, 3.8) is 0 Å². The second-order valence-electron chi connectivity index (χ2n) is 4.65. The van der Waals surface area contributed by atoms with Gasteiger partial charge in [-0.1, -0.05) is 18.2 Å². The molecule has 1 aromatic carbocycles. The maximum absolute atomic E-state index is 5.67. The highest BCUT2D eigenvalue weighted by atomic mass is 15.0. The standard InChI is InChI=1S/C16H17N3/c17-9-7-13-4-3-6-16-15(13)8-11-19(16)12-14-5-1-2-10-18-14/h1-6,8,10-11H,7,9,12,17H2. The number of pyridine rings is 1. The smallest absolute Gasteiger partial charge is 0.0648 e. The molecule has 0 aliphatic heterocycles. The molecule has 3 heteroatoms. The largest absolute Gasteiger partial charge is 0.341 e. The maximum Gasteiger partial charge on any atom is 0.0648 e. The van der Waals surface area contributed by atoms with Gasteiger partial charge in [-0.05, 0) is 42.8 Å². The first-order chi connectivity index (χ1) is 9.38. The van der Waals surface area contributed by atoms with Crippen LogP contribution in [0.3, 0.4) is 0 Å². The Bertz CT molecular complexity index is 671. The van der Waals surface area contributed by atoms with Gasteiger partial charge in [0.15, 0.2) is 0 Å². The van der Waals surface area contributed by atoms with E-state index in [1.165, 1.54) is 16.5 Å². The summed E-state index contributed by atoms with van der Waals surface area (Å²) in [5.41, 5.74) is 9.30. The first-order valence-corrected chi connectivity index (χ1v) is 6.55. The molecule has 2 heterocycles. The Morgan fingerprint density at radius 2 is 2.00 bits per heavy atom. The molecule has 0 amide bonds. The molecule has 3 rings (SSSR count). The van der Waals surface area contributed by atoms with Crippen molar-refractivity contribution < 1.29 is 0 Å². The van der Waals surface area contributed by atoms with Gasteiger partial charge in [0.2, 0.25) is 0 Å². The van der Waals surface area contributed by atoms with Crippen LogP contribution in [-0.2, 0) is 13.0 Å². The summed E-state index contributed by atoms with van der Waals surface area (Å²) in [5, 5.41) is 1.30. The molecule has 2 N–H and O–H groups in total. The molecule has 2 aromatic heterocycles. The van der Waals surface area contributed by atoms with E-state index >= 15 is 0 Å². The Hall–Kier alpha value is -2.13. The molecule has 0 fully saturated rings. The molecule has 0 spiro atoms. The summed E-state index contributed by atoms with van der Waals surface area (Å²) in [5.74, 6) is 0. The highest BCUT2D eigenvalue weighted by Crippen LogP contribution is 2.21. The fourth-order valence-corrected chi connectivity index (χ4v) is 2.46. The average Bonchev–Trinajstić information content (AvgIpc) is 2.85. The molecule has 0 aliphatic rings. The Morgan fingerprint density at radius 3 is 2.79 bits per heavy atom. The summed E-state index contributed by atoms with van der Waals surface area (Å²) in [6.07, 6.45) is 4.88. The first kappa shape index (κ1) is 11.9. The summed E-state index contributed by atoms with van der Waals surface area (Å²) in [6.45, 7) is 1.49. The SMILES string of the molecule is NCCc1cccc2c1ccn2Cc1ccccn1. The summed E-state index contributed by atoms with van der Waals surface area (Å²) < 4.78 is 2.23. The zero-order valence-electron chi connectivity index (χ0n) is 10.8. The molecule has 0 radical (unpaired) electrons. The van der Waals surface area contributed by atoms with E-state index < -0.39 is 0 Å². The van der Waals surface area contributed by atoms with Crippen molar-refractivity contribution in [2.24, 2.45) is 5.73 Å². The van der Waals surface area contributed by atoms with Gasteiger partial charge in [0, 0.05) is 23.3 Å². The molecular weight excluding hydrogens is 234 g/mol. The van der Waals surface area contributed by atoms with Gasteiger partial charge in [-0.3, -0.25) is 4.98 Å². The van der Waals surface area contributed by atoms with E-state index in [0.717, 1.165) is 18.7 Å². The molecule has 3 nitrogen and oxygen atoms in total. The number of nitrogens with zero attached hydrogens (tertiary/aromatic N) is 2. The van der Waals surface area contributed by atoms with Crippen LogP contribution in [0.5, 0.6) is 0 Å². The van der Waals surface area contributed by atoms with E-state index in [4.69, 9.17) is 5.73 Å². The van der Waals surface area contributed by atoms with Crippen molar-refractivity contribution in [3.8, 4) is 0 Å². The highest BCUT2D eigenvalue weighted by molar-refractivity contribution is 5.83. The van der Waals surface area contributed by atoms with Crippen molar-refractivity contribution in [1.82, 2.24) is 9.55 Å². The lowest BCUT2D eigenvalue weighted by Crippen LogP contribution is -2.03. The van der Waals surface area contributed by atoms with Gasteiger partial charge in [0.05, 0.1) is 12.2 Å². The van der Waals surface area contributed by atoms with Gasteiger partial charge in [-0.15, -0.1) is 0 Å². The summed E-state index contributed by atoms with van der Waals surface area (Å²) >= 11 is 0. The van der Waals surface area contributed by atoms with Gasteiger partial charge >= 0.3 is 0 Å². The fraction of sp³-hybridized carbons (Fsp3) is 0.188. The van der Waals surface area contributed by atoms with Crippen LogP contribution in [0.25, 0.3) is 10.9 Å². The molecular formula is C16H17N3. The highest BCUT2D eigenvalue weighted by Gasteiger charge is 2.05. The summed E-state index contributed by atoms with van der Waals surface area (Å²) in [6, 6.07) is 14.6. The Labute approximate surface area is 112 Å². The number of benzene rings is 1. The molecule has 0 saturated heterocycles. The normalized spacial score (nSPS) is 11.0. The van der Waals surface area contributed by atoms with Gasteiger partial charge in [-0.25, -0.2) is 0 Å². The number of aromatic nitrogens is 2. The molecule has 96 valence electrons. The number of hydrogen-bond acceptors (Lipinski definition) is 2. The predicted molar refractivity (Wildman–Crippen MR) is 78.0 cm³/mol. The molecule has 0 bridgehead atoms. The lowest BCUT2D eigenvalue weighted by atomic mass is 10.1. The van der Waals surface area contributed by atoms with E-state index in [1.807, 2.05) is 18.3 Å². The van der Waals surface area contributed by atoms with Crippen LogP contribution in [0.15, 0.2) is 54.9 Å². The van der Waals surface area contributed by atoms with Crippen molar-refractivity contribution in [2.75, 3.05) is 6.54 Å². The third-order valence-electron chi connectivity index (χ3n) is 3.38. The van der Waals surface area contributed by atoms with Crippen LogP contribution >= 0.6 is 0 Å². The third-order valence-corrected chi connectivity index (χ3v) is 3.38. The number of rotatable bonds is 4. The summed E-state index contributed by atoms with van der Waals surface area (Å²) in [7, 11) is 0. The van der Waals surface area contributed by atoms with Gasteiger partial charge in [-0.2, -0.15) is 0 Å². The summed E-state index contributed by atoms with van der Waals surface area (Å²) in [4.78, 5) is 4.38. The second kappa shape index (κ2) is 5.24. The minimum Gasteiger partial charge on any atom is -0.341 e. The molecule has 3 aromatic rings. The van der Waals surface area contributed by atoms with Crippen LogP contribution in [0.4, 0.5) is 0 Å². The monoisotopic (exact) mass is 251 g/mol. The lowest BCUT2D eigenvalue weighted by molar-refractivity contribution is 0.807. The average molecular weight is 251 g/mol. The van der Waals surface area contributed by atoms with E-state index in [1.54, 1.807) is 0 Å². The van der Waals surface area contributed by atoms with Crippen LogP contribution in [0, 0.1) is 0 Å². The zero-order valence-corrected chi connectivity index (χ0v) is 10.8. The Kier molecular flexibility index (Phi) is 3.29. The lowest BCUT2D eigenvalue weighted by Gasteiger charge is -2.06. The van der Waals surface area contributed by atoms with Crippen molar-refractivity contribution in [2.45, 2.75) is 13.0 Å². The second-order valence-corrected chi connectivity index (χ2v) is 4.65. The Balaban J connectivity index is 1.99. The fourth-order valence-electron chi connectivity index (χ4n) is 2.46. The predicted octanol–water partition coefficient (Wildman–Crippen LogP) is 2.59. The van der Waals surface area contributed by atoms with Gasteiger partial charge < -0.3 is 10.3 Å². The van der Waals surface area contributed by atoms with Crippen LogP contribution in [-0.4, -0.2) is 16.1 Å². The number of nitrogens with two attached hydrogens (primary N) is 1. The topological polar surface area (TPSA) is 43.8 Å². The minimum atomic E-state index is 0.685. The van der Waals surface area contributed by atoms with E-state index in [-0.39, 0.29) is 0 Å². The van der Waals surface area contributed by atoms with Crippen molar-refractivity contribution in [1.29, 1.82) is 0 Å². The van der Waals surface area contributed by atoms with E-state index in [2.05, 4.69) is 46.1 Å². The maximum atomic E-state index is 5.67. The van der Waals surface area contributed by atoms with Gasteiger partial charge in [0.1, 0.15) is 0 Å². The molecule has 0 saturated carbocycles. The molecule has 0 unspecified atom stereocenters. The number of fused-ring (bicyclic) bond motifs is 1.